The lowest BCUT2D eigenvalue weighted by Gasteiger charge is -2.45. The van der Waals surface area contributed by atoms with E-state index in [0.29, 0.717) is 51.2 Å². The van der Waals surface area contributed by atoms with Gasteiger partial charge in [0.05, 0.1) is 31.9 Å². The monoisotopic (exact) mass is 1460 g/mol. The van der Waals surface area contributed by atoms with Crippen LogP contribution in [0.4, 0.5) is 34.1 Å². The fourth-order valence-electron chi connectivity index (χ4n) is 14.9. The molecule has 2 aromatic heterocycles. The van der Waals surface area contributed by atoms with Crippen LogP contribution in [0.5, 0.6) is 0 Å². The van der Waals surface area contributed by atoms with Crippen LogP contribution in [0.15, 0.2) is 273 Å². The SMILES string of the molecule is [2H]c1c([2H])c([2H])c(-c2ccc3c(c2)N(c2ccc(C(C)(C)C)cc2-c2nc(-c4c([2H])c([2H])c([2H])c([2H])c4[2H])nc(-c4c([2H])c([2H])c([2H])c([2H])c4[2H])n2)c2cc(-c4cc(C(C)(C)C)cc(C(C)(C)C)c4)cc4c2B3c2ccc(-c3cc(C(C)(C)C)cc(C(C)(C)C)c3)cc2N4c2ccc(C(C)(C)C)cc2-c2nc(-c3ccccc3)nc(-c3ccccc3)n2)c([2H])c1[2H]. The van der Waals surface area contributed by atoms with Crippen LogP contribution in [0, 0.1) is 0 Å². The molecule has 2 aliphatic rings. The molecular formula is C102H99BN8. The second-order valence-corrected chi connectivity index (χ2v) is 35.5. The Balaban J connectivity index is 1.13. The van der Waals surface area contributed by atoms with E-state index >= 15 is 0 Å². The van der Waals surface area contributed by atoms with Gasteiger partial charge in [-0.15, -0.1) is 0 Å². The molecule has 0 aliphatic carbocycles. The predicted molar refractivity (Wildman–Crippen MR) is 468 cm³/mol. The van der Waals surface area contributed by atoms with Crippen molar-refractivity contribution < 1.29 is 20.6 Å². The Labute approximate surface area is 679 Å². The molecule has 550 valence electrons. The lowest BCUT2D eigenvalue weighted by molar-refractivity contribution is 0.568. The van der Waals surface area contributed by atoms with E-state index < -0.39 is 142 Å². The van der Waals surface area contributed by atoms with Crippen molar-refractivity contribution in [1.29, 1.82) is 0 Å². The van der Waals surface area contributed by atoms with E-state index in [0.717, 1.165) is 89.1 Å². The van der Waals surface area contributed by atoms with Gasteiger partial charge in [0.2, 0.25) is 0 Å². The Hall–Kier alpha value is -11.7. The van der Waals surface area contributed by atoms with Crippen LogP contribution < -0.4 is 26.2 Å². The summed E-state index contributed by atoms with van der Waals surface area (Å²) in [6, 6.07) is 53.4. The predicted octanol–water partition coefficient (Wildman–Crippen LogP) is 24.9. The number of benzene rings is 12. The number of nitrogens with zero attached hydrogens (tertiary/aromatic N) is 8. The Kier molecular flexibility index (Phi) is 14.3. The fraction of sp³-hybridized carbons (Fsp3) is 0.235. The zero-order valence-electron chi connectivity index (χ0n) is 81.5. The number of rotatable bonds is 11. The normalized spacial score (nSPS) is 15.0. The molecule has 4 heterocycles. The molecule has 14 aromatic rings. The van der Waals surface area contributed by atoms with Crippen molar-refractivity contribution in [3.05, 3.63) is 306 Å². The van der Waals surface area contributed by atoms with Crippen molar-refractivity contribution in [2.45, 2.75) is 157 Å². The summed E-state index contributed by atoms with van der Waals surface area (Å²) < 4.78 is 139. The highest BCUT2D eigenvalue weighted by Gasteiger charge is 2.46. The summed E-state index contributed by atoms with van der Waals surface area (Å²) >= 11 is 0. The van der Waals surface area contributed by atoms with Crippen LogP contribution in [-0.4, -0.2) is 36.6 Å². The molecule has 9 heteroatoms. The summed E-state index contributed by atoms with van der Waals surface area (Å²) in [6.45, 7) is 38.6. The van der Waals surface area contributed by atoms with Gasteiger partial charge in [-0.3, -0.25) is 0 Å². The Morgan fingerprint density at radius 2 is 0.532 bits per heavy atom. The molecule has 16 rings (SSSR count). The minimum Gasteiger partial charge on any atom is -0.311 e. The molecule has 0 radical (unpaired) electrons. The number of fused-ring (bicyclic) bond motifs is 4. The topological polar surface area (TPSA) is 83.8 Å². The van der Waals surface area contributed by atoms with Gasteiger partial charge in [0.25, 0.3) is 6.71 Å². The smallest absolute Gasteiger partial charge is 0.252 e. The minimum atomic E-state index is -0.716. The van der Waals surface area contributed by atoms with Crippen molar-refractivity contribution in [3.63, 3.8) is 0 Å². The molecular weight excluding hydrogens is 1350 g/mol. The third-order valence-corrected chi connectivity index (χ3v) is 21.3. The molecule has 0 N–H and O–H groups in total. The first-order valence-corrected chi connectivity index (χ1v) is 38.0. The van der Waals surface area contributed by atoms with Crippen molar-refractivity contribution in [2.24, 2.45) is 0 Å². The molecule has 8 nitrogen and oxygen atoms in total. The first kappa shape index (κ1) is 57.4. The molecule has 2 aliphatic heterocycles. The summed E-state index contributed by atoms with van der Waals surface area (Å²) in [5.41, 5.74) is 15.1. The van der Waals surface area contributed by atoms with E-state index in [1.807, 2.05) is 118 Å². The maximum Gasteiger partial charge on any atom is 0.252 e. The molecule has 0 saturated carbocycles. The minimum absolute atomic E-state index is 0.0626. The van der Waals surface area contributed by atoms with Gasteiger partial charge in [-0.2, -0.15) is 0 Å². The van der Waals surface area contributed by atoms with Crippen molar-refractivity contribution in [2.75, 3.05) is 9.80 Å². The van der Waals surface area contributed by atoms with Gasteiger partial charge < -0.3 is 9.80 Å². The van der Waals surface area contributed by atoms with E-state index in [2.05, 4.69) is 199 Å². The maximum atomic E-state index is 9.73. The van der Waals surface area contributed by atoms with Gasteiger partial charge in [-0.1, -0.05) is 349 Å². The average Bonchev–Trinajstić information content (AvgIpc) is 0.687. The molecule has 0 atom stereocenters. The molecule has 0 saturated heterocycles. The van der Waals surface area contributed by atoms with E-state index in [1.54, 1.807) is 0 Å². The number of hydrogen-bond acceptors (Lipinski definition) is 8. The lowest BCUT2D eigenvalue weighted by atomic mass is 9.33. The molecule has 0 bridgehead atoms. The van der Waals surface area contributed by atoms with Gasteiger partial charge in [0.15, 0.2) is 34.9 Å². The van der Waals surface area contributed by atoms with Crippen LogP contribution >= 0.6 is 0 Å². The largest absolute Gasteiger partial charge is 0.311 e. The Morgan fingerprint density at radius 1 is 0.234 bits per heavy atom. The summed E-state index contributed by atoms with van der Waals surface area (Å²) in [4.78, 5) is 36.1. The molecule has 111 heavy (non-hydrogen) atoms. The van der Waals surface area contributed by atoms with Crippen molar-refractivity contribution >= 4 is 57.2 Å². The summed E-state index contributed by atoms with van der Waals surface area (Å²) in [6.07, 6.45) is 0. The lowest BCUT2D eigenvalue weighted by Crippen LogP contribution is -2.61. The zero-order chi connectivity index (χ0) is 90.9. The summed E-state index contributed by atoms with van der Waals surface area (Å²) in [5.74, 6) is 0.173. The Morgan fingerprint density at radius 3 is 0.883 bits per heavy atom. The maximum absolute atomic E-state index is 9.73. The molecule has 12 aromatic carbocycles. The molecule has 0 fully saturated rings. The van der Waals surface area contributed by atoms with Gasteiger partial charge in [0.1, 0.15) is 0 Å². The first-order valence-electron chi connectivity index (χ1n) is 45.5. The third kappa shape index (κ3) is 14.3. The number of hydrogen-bond donors (Lipinski definition) is 0. The average molecular weight is 1460 g/mol. The third-order valence-electron chi connectivity index (χ3n) is 21.3. The molecule has 0 amide bonds. The second-order valence-electron chi connectivity index (χ2n) is 35.5. The van der Waals surface area contributed by atoms with Gasteiger partial charge in [-0.25, -0.2) is 29.9 Å². The second kappa shape index (κ2) is 27.7. The Bertz CT molecular complexity index is 6580. The fourth-order valence-corrected chi connectivity index (χ4v) is 14.9. The van der Waals surface area contributed by atoms with Gasteiger partial charge in [0, 0.05) is 56.1 Å². The van der Waals surface area contributed by atoms with Gasteiger partial charge >= 0.3 is 0 Å². The molecule has 0 unspecified atom stereocenters. The standard InChI is InChI=1S/C102H99BN8/c1-97(2,3)74-46-50-84(80(62-74)95-106-91(65-36-26-20-27-37-65)104-92(107-95)66-38-28-21-29-39-66)110-86-56-69(64-34-24-19-25-35-64)44-48-82(86)103-83-49-45-70(71-52-76(99(7,8)9)60-77(53-71)100(10,11)12)57-87(83)111(89-59-73(58-88(110)90(89)103)72-54-78(101(13,14)15)61-79(55-72)102(16,17)18)85-51-47-75(98(4,5)6)63-81(85)96-108-93(67-40-30-22-31-41-67)105-94(109-96)68-42-32-23-33-43-68/h19-63H,1-18H3/i19D,20D,21D,24D,25D,26D,27D,28D,29D,34D,35D,36D,37D,38D,39D. The zero-order valence-corrected chi connectivity index (χ0v) is 66.5. The van der Waals surface area contributed by atoms with E-state index in [-0.39, 0.29) is 33.3 Å². The van der Waals surface area contributed by atoms with Crippen LogP contribution in [0.2, 0.25) is 0 Å². The van der Waals surface area contributed by atoms with Crippen LogP contribution in [-0.2, 0) is 32.5 Å². The number of aromatic nitrogens is 6. The van der Waals surface area contributed by atoms with Crippen molar-refractivity contribution in [1.82, 2.24) is 29.9 Å². The first-order chi connectivity index (χ1) is 59.0. The van der Waals surface area contributed by atoms with Gasteiger partial charge in [-0.05, 0) is 164 Å². The van der Waals surface area contributed by atoms with E-state index in [4.69, 9.17) is 39.5 Å². The summed E-state index contributed by atoms with van der Waals surface area (Å²) in [5, 5.41) is 0. The highest BCUT2D eigenvalue weighted by molar-refractivity contribution is 7.00. The van der Waals surface area contributed by atoms with Crippen LogP contribution in [0.1, 0.15) is 179 Å². The quantitative estimate of drug-likeness (QED) is 0.118. The number of anilines is 6. The van der Waals surface area contributed by atoms with Crippen LogP contribution in [0.25, 0.3) is 102 Å². The highest BCUT2D eigenvalue weighted by Crippen LogP contribution is 2.53. The van der Waals surface area contributed by atoms with Crippen LogP contribution in [0.3, 0.4) is 0 Å². The highest BCUT2D eigenvalue weighted by atomic mass is 15.2. The summed E-state index contributed by atoms with van der Waals surface area (Å²) in [7, 11) is 0. The molecule has 0 spiro atoms. The van der Waals surface area contributed by atoms with E-state index in [1.165, 1.54) is 0 Å². The van der Waals surface area contributed by atoms with Crippen molar-refractivity contribution in [3.8, 4) is 102 Å². The van der Waals surface area contributed by atoms with E-state index in [9.17, 15) is 11.0 Å².